The molecule has 0 aliphatic carbocycles. The van der Waals surface area contributed by atoms with Crippen molar-refractivity contribution in [3.05, 3.63) is 80.7 Å². The van der Waals surface area contributed by atoms with Crippen LogP contribution < -0.4 is 14.9 Å². The lowest BCUT2D eigenvalue weighted by atomic mass is 10.1. The minimum atomic E-state index is -0.528. The molecule has 0 atom stereocenters. The lowest BCUT2D eigenvalue weighted by Crippen LogP contribution is -2.24. The normalized spacial score (nSPS) is 10.8. The second kappa shape index (κ2) is 10.4. The summed E-state index contributed by atoms with van der Waals surface area (Å²) >= 11 is 0. The number of aromatic nitrogens is 2. The van der Waals surface area contributed by atoms with Crippen molar-refractivity contribution in [2.75, 3.05) is 7.11 Å². The van der Waals surface area contributed by atoms with Gasteiger partial charge in [0.15, 0.2) is 11.5 Å². The molecule has 176 valence electrons. The van der Waals surface area contributed by atoms with E-state index in [2.05, 4.69) is 15.6 Å². The van der Waals surface area contributed by atoms with Crippen LogP contribution in [0.5, 0.6) is 11.5 Å². The molecule has 34 heavy (non-hydrogen) atoms. The molecule has 0 spiro atoms. The van der Waals surface area contributed by atoms with Gasteiger partial charge in [-0.25, -0.2) is 10.2 Å². The highest BCUT2D eigenvalue weighted by Crippen LogP contribution is 2.28. The highest BCUT2D eigenvalue weighted by atomic mass is 16.6. The fourth-order valence-corrected chi connectivity index (χ4v) is 3.26. The zero-order chi connectivity index (χ0) is 24.8. The first kappa shape index (κ1) is 24.1. The lowest BCUT2D eigenvalue weighted by Gasteiger charge is -2.11. The Kier molecular flexibility index (Phi) is 7.36. The second-order valence-corrected chi connectivity index (χ2v) is 7.34. The number of hydrogen-bond acceptors (Lipinski definition) is 8. The summed E-state index contributed by atoms with van der Waals surface area (Å²) in [5.41, 5.74) is 4.56. The van der Waals surface area contributed by atoms with Crippen LogP contribution in [-0.2, 0) is 11.3 Å². The van der Waals surface area contributed by atoms with Crippen LogP contribution in [-0.4, -0.2) is 39.9 Å². The van der Waals surface area contributed by atoms with Gasteiger partial charge in [0, 0.05) is 0 Å². The molecule has 3 aromatic rings. The number of methoxy groups -OCH3 is 1. The van der Waals surface area contributed by atoms with E-state index >= 15 is 0 Å². The van der Waals surface area contributed by atoms with Gasteiger partial charge >= 0.3 is 11.7 Å². The summed E-state index contributed by atoms with van der Waals surface area (Å²) in [6.45, 7) is 4.62. The van der Waals surface area contributed by atoms with Crippen LogP contribution >= 0.6 is 0 Å². The van der Waals surface area contributed by atoms with Crippen molar-refractivity contribution in [1.82, 2.24) is 15.2 Å². The van der Waals surface area contributed by atoms with Crippen molar-refractivity contribution in [3.8, 4) is 11.5 Å². The molecule has 11 heteroatoms. The van der Waals surface area contributed by atoms with Crippen LogP contribution in [0.1, 0.15) is 32.9 Å². The van der Waals surface area contributed by atoms with Crippen LogP contribution in [0.2, 0.25) is 0 Å². The Morgan fingerprint density at radius 1 is 1.18 bits per heavy atom. The van der Waals surface area contributed by atoms with Gasteiger partial charge < -0.3 is 9.47 Å². The third kappa shape index (κ3) is 5.44. The molecule has 1 aromatic heterocycles. The van der Waals surface area contributed by atoms with E-state index in [1.165, 1.54) is 31.9 Å². The maximum atomic E-state index is 12.5. The summed E-state index contributed by atoms with van der Waals surface area (Å²) in [5, 5.41) is 19.0. The monoisotopic (exact) mass is 465 g/mol. The van der Waals surface area contributed by atoms with E-state index in [9.17, 15) is 19.7 Å². The number of benzene rings is 2. The van der Waals surface area contributed by atoms with Crippen LogP contribution in [0.4, 0.5) is 5.69 Å². The van der Waals surface area contributed by atoms with Gasteiger partial charge in [-0.1, -0.05) is 18.2 Å². The molecule has 0 saturated heterocycles. The van der Waals surface area contributed by atoms with Crippen LogP contribution in [0.15, 0.2) is 47.6 Å². The van der Waals surface area contributed by atoms with Crippen LogP contribution in [0.25, 0.3) is 0 Å². The lowest BCUT2D eigenvalue weighted by molar-refractivity contribution is -0.386. The van der Waals surface area contributed by atoms with E-state index < -0.39 is 16.8 Å². The molecule has 1 N–H and O–H groups in total. The molecule has 0 saturated carbocycles. The van der Waals surface area contributed by atoms with E-state index in [1.54, 1.807) is 30.3 Å². The van der Waals surface area contributed by atoms with Crippen LogP contribution in [0, 0.1) is 30.9 Å². The molecule has 0 aliphatic heterocycles. The Bertz CT molecular complexity index is 1280. The fraction of sp³-hybridized carbons (Fsp3) is 0.217. The quantitative estimate of drug-likeness (QED) is 0.177. The number of nitrogens with one attached hydrogen (secondary N) is 1. The topological polar surface area (TPSA) is 138 Å². The van der Waals surface area contributed by atoms with Gasteiger partial charge in [0.05, 0.1) is 23.8 Å². The predicted molar refractivity (Wildman–Crippen MR) is 123 cm³/mol. The molecule has 2 aromatic carbocycles. The molecule has 11 nitrogen and oxygen atoms in total. The number of nitro groups is 1. The molecule has 0 bridgehead atoms. The molecule has 3 rings (SSSR count). The van der Waals surface area contributed by atoms with E-state index in [0.29, 0.717) is 16.9 Å². The average molecular weight is 465 g/mol. The van der Waals surface area contributed by atoms with E-state index in [-0.39, 0.29) is 29.4 Å². The molecule has 0 unspecified atom stereocenters. The molecular weight excluding hydrogens is 442 g/mol. The van der Waals surface area contributed by atoms with Gasteiger partial charge in [-0.2, -0.15) is 10.2 Å². The molecule has 1 amide bonds. The van der Waals surface area contributed by atoms with Crippen molar-refractivity contribution >= 4 is 23.8 Å². The summed E-state index contributed by atoms with van der Waals surface area (Å²) in [6, 6.07) is 11.9. The zero-order valence-electron chi connectivity index (χ0n) is 19.1. The number of carbonyl (C=O) groups excluding carboxylic acids is 2. The highest BCUT2D eigenvalue weighted by molar-refractivity contribution is 5.93. The standard InChI is InChI=1S/C23H23N5O6/c1-14-7-5-6-8-18(14)23(30)34-19-10-9-17(11-20(19)33-4)12-24-25-21(29)13-27-16(3)22(28(31)32)15(2)26-27/h5-12H,13H2,1-4H3,(H,25,29)/b24-12+. The first-order valence-corrected chi connectivity index (χ1v) is 10.2. The Hall–Kier alpha value is -4.54. The minimum Gasteiger partial charge on any atom is -0.493 e. The van der Waals surface area contributed by atoms with Crippen molar-refractivity contribution in [3.63, 3.8) is 0 Å². The van der Waals surface area contributed by atoms with Crippen molar-refractivity contribution in [2.24, 2.45) is 5.10 Å². The average Bonchev–Trinajstić information content (AvgIpc) is 3.07. The maximum Gasteiger partial charge on any atom is 0.343 e. The summed E-state index contributed by atoms with van der Waals surface area (Å²) in [5.74, 6) is -0.461. The molecule has 0 fully saturated rings. The molecular formula is C23H23N5O6. The summed E-state index contributed by atoms with van der Waals surface area (Å²) in [4.78, 5) is 35.2. The summed E-state index contributed by atoms with van der Waals surface area (Å²) in [6.07, 6.45) is 1.39. The predicted octanol–water partition coefficient (Wildman–Crippen LogP) is 3.09. The zero-order valence-corrected chi connectivity index (χ0v) is 19.1. The summed E-state index contributed by atoms with van der Waals surface area (Å²) < 4.78 is 12.0. The number of amides is 1. The minimum absolute atomic E-state index is 0.119. The molecule has 1 heterocycles. The van der Waals surface area contributed by atoms with E-state index in [0.717, 1.165) is 5.56 Å². The third-order valence-electron chi connectivity index (χ3n) is 4.98. The summed E-state index contributed by atoms with van der Waals surface area (Å²) in [7, 11) is 1.44. The molecule has 0 aliphatic rings. The van der Waals surface area contributed by atoms with Gasteiger partial charge in [-0.3, -0.25) is 19.6 Å². The fourth-order valence-electron chi connectivity index (χ4n) is 3.26. The first-order valence-electron chi connectivity index (χ1n) is 10.2. The number of nitrogens with zero attached hydrogens (tertiary/aromatic N) is 4. The smallest absolute Gasteiger partial charge is 0.343 e. The number of rotatable bonds is 8. The number of hydrazone groups is 1. The van der Waals surface area contributed by atoms with Crippen molar-refractivity contribution in [2.45, 2.75) is 27.3 Å². The van der Waals surface area contributed by atoms with Gasteiger partial charge in [0.1, 0.15) is 17.9 Å². The van der Waals surface area contributed by atoms with E-state index in [1.807, 2.05) is 19.1 Å². The van der Waals surface area contributed by atoms with E-state index in [4.69, 9.17) is 9.47 Å². The number of ether oxygens (including phenoxy) is 2. The Morgan fingerprint density at radius 3 is 2.56 bits per heavy atom. The maximum absolute atomic E-state index is 12.5. The Balaban J connectivity index is 1.65. The van der Waals surface area contributed by atoms with Crippen molar-refractivity contribution < 1.29 is 24.0 Å². The SMILES string of the molecule is COc1cc(/C=N/NC(=O)Cn2nc(C)c([N+](=O)[O-])c2C)ccc1OC(=O)c1ccccc1C. The Morgan fingerprint density at radius 2 is 1.91 bits per heavy atom. The second-order valence-electron chi connectivity index (χ2n) is 7.34. The number of hydrogen-bond donors (Lipinski definition) is 1. The number of aryl methyl sites for hydroxylation is 2. The van der Waals surface area contributed by atoms with Gasteiger partial charge in [0.25, 0.3) is 5.91 Å². The highest BCUT2D eigenvalue weighted by Gasteiger charge is 2.22. The molecule has 0 radical (unpaired) electrons. The number of carbonyl (C=O) groups is 2. The van der Waals surface area contributed by atoms with Gasteiger partial charge in [0.2, 0.25) is 0 Å². The van der Waals surface area contributed by atoms with Crippen LogP contribution in [0.3, 0.4) is 0 Å². The third-order valence-corrected chi connectivity index (χ3v) is 4.98. The van der Waals surface area contributed by atoms with Gasteiger partial charge in [-0.15, -0.1) is 0 Å². The first-order chi connectivity index (χ1) is 16.2. The number of esters is 1. The largest absolute Gasteiger partial charge is 0.493 e. The Labute approximate surface area is 195 Å². The van der Waals surface area contributed by atoms with Crippen molar-refractivity contribution in [1.29, 1.82) is 0 Å². The van der Waals surface area contributed by atoms with Gasteiger partial charge in [-0.05, 0) is 56.2 Å².